The lowest BCUT2D eigenvalue weighted by Crippen LogP contribution is -2.00. The monoisotopic (exact) mass is 270 g/mol. The highest BCUT2D eigenvalue weighted by molar-refractivity contribution is 5.75. The summed E-state index contributed by atoms with van der Waals surface area (Å²) in [5, 5.41) is 8.94. The molecule has 0 fully saturated rings. The van der Waals surface area contributed by atoms with Gasteiger partial charge in [0.1, 0.15) is 11.6 Å². The van der Waals surface area contributed by atoms with Crippen LogP contribution >= 0.6 is 0 Å². The van der Waals surface area contributed by atoms with Crippen LogP contribution in [0.15, 0.2) is 48.7 Å². The molecule has 1 N–H and O–H groups in total. The Morgan fingerprint density at radius 2 is 2.10 bits per heavy atom. The van der Waals surface area contributed by atoms with E-state index in [1.807, 2.05) is 12.1 Å². The van der Waals surface area contributed by atoms with E-state index in [9.17, 15) is 9.18 Å². The lowest BCUT2D eigenvalue weighted by Gasteiger charge is -2.00. The molecule has 0 aliphatic rings. The van der Waals surface area contributed by atoms with Crippen LogP contribution in [0.5, 0.6) is 0 Å². The fraction of sp³-hybridized carbons (Fsp3) is 0.0667. The lowest BCUT2D eigenvalue weighted by atomic mass is 10.2. The molecule has 0 saturated heterocycles. The summed E-state index contributed by atoms with van der Waals surface area (Å²) in [5.74, 6) is -0.758. The second-order valence-electron chi connectivity index (χ2n) is 4.42. The van der Waals surface area contributed by atoms with Crippen LogP contribution in [0.1, 0.15) is 5.69 Å². The van der Waals surface area contributed by atoms with Crippen molar-refractivity contribution in [1.82, 2.24) is 9.38 Å². The second kappa shape index (κ2) is 4.77. The number of aromatic nitrogens is 2. The Morgan fingerprint density at radius 3 is 2.85 bits per heavy atom. The normalized spacial score (nSPS) is 10.8. The third kappa shape index (κ3) is 2.14. The maximum absolute atomic E-state index is 13.3. The molecule has 0 amide bonds. The van der Waals surface area contributed by atoms with E-state index >= 15 is 0 Å². The van der Waals surface area contributed by atoms with Gasteiger partial charge in [-0.1, -0.05) is 18.2 Å². The van der Waals surface area contributed by atoms with Crippen molar-refractivity contribution in [2.24, 2.45) is 0 Å². The van der Waals surface area contributed by atoms with E-state index in [0.29, 0.717) is 22.6 Å². The van der Waals surface area contributed by atoms with Gasteiger partial charge < -0.3 is 5.11 Å². The van der Waals surface area contributed by atoms with Crippen molar-refractivity contribution in [3.63, 3.8) is 0 Å². The maximum atomic E-state index is 13.3. The number of imidazole rings is 1. The van der Waals surface area contributed by atoms with Crippen LogP contribution in [0.2, 0.25) is 0 Å². The first-order valence-electron chi connectivity index (χ1n) is 6.09. The van der Waals surface area contributed by atoms with Gasteiger partial charge >= 0.3 is 5.97 Å². The van der Waals surface area contributed by atoms with Crippen LogP contribution in [0.25, 0.3) is 16.9 Å². The van der Waals surface area contributed by atoms with Crippen molar-refractivity contribution in [3.8, 4) is 11.4 Å². The number of carboxylic acids is 1. The number of carboxylic acid groups (broad SMARTS) is 1. The van der Waals surface area contributed by atoms with E-state index in [-0.39, 0.29) is 12.2 Å². The molecule has 2 aromatic heterocycles. The molecule has 20 heavy (non-hydrogen) atoms. The highest BCUT2D eigenvalue weighted by Crippen LogP contribution is 2.23. The van der Waals surface area contributed by atoms with Crippen LogP contribution in [0.4, 0.5) is 4.39 Å². The van der Waals surface area contributed by atoms with E-state index in [0.717, 1.165) is 0 Å². The fourth-order valence-corrected chi connectivity index (χ4v) is 2.21. The minimum Gasteiger partial charge on any atom is -0.481 e. The summed E-state index contributed by atoms with van der Waals surface area (Å²) < 4.78 is 15.1. The highest BCUT2D eigenvalue weighted by atomic mass is 19.1. The Kier molecular flexibility index (Phi) is 2.95. The minimum absolute atomic E-state index is 0.164. The van der Waals surface area contributed by atoms with Crippen molar-refractivity contribution in [2.45, 2.75) is 6.42 Å². The smallest absolute Gasteiger partial charge is 0.309 e. The van der Waals surface area contributed by atoms with Crippen molar-refractivity contribution in [2.75, 3.05) is 0 Å². The number of carbonyl (C=O) groups is 1. The van der Waals surface area contributed by atoms with E-state index in [2.05, 4.69) is 4.98 Å². The van der Waals surface area contributed by atoms with E-state index < -0.39 is 5.97 Å². The molecule has 0 saturated carbocycles. The Hall–Kier alpha value is -2.69. The average Bonchev–Trinajstić information content (AvgIpc) is 2.77. The number of hydrogen-bond donors (Lipinski definition) is 1. The number of fused-ring (bicyclic) bond motifs is 1. The standard InChI is InChI=1S/C15H11FN2O2/c16-11-5-3-4-10(8-11)15-17-12(9-14(19)20)13-6-1-2-7-18(13)15/h1-8H,9H2,(H,19,20). The number of aliphatic carboxylic acids is 1. The van der Waals surface area contributed by atoms with Crippen molar-refractivity contribution in [1.29, 1.82) is 0 Å². The molecule has 0 radical (unpaired) electrons. The third-order valence-electron chi connectivity index (χ3n) is 3.03. The number of pyridine rings is 1. The molecule has 0 aliphatic carbocycles. The number of nitrogens with zero attached hydrogens (tertiary/aromatic N) is 2. The Bertz CT molecular complexity index is 795. The SMILES string of the molecule is O=C(O)Cc1nc(-c2cccc(F)c2)n2ccccc12. The minimum atomic E-state index is -0.945. The number of rotatable bonds is 3. The molecule has 2 heterocycles. The fourth-order valence-electron chi connectivity index (χ4n) is 2.21. The summed E-state index contributed by atoms with van der Waals surface area (Å²) in [6.45, 7) is 0. The van der Waals surface area contributed by atoms with E-state index in [4.69, 9.17) is 5.11 Å². The molecule has 0 bridgehead atoms. The quantitative estimate of drug-likeness (QED) is 0.796. The second-order valence-corrected chi connectivity index (χ2v) is 4.42. The summed E-state index contributed by atoms with van der Waals surface area (Å²) in [6, 6.07) is 11.5. The Balaban J connectivity index is 2.23. The summed E-state index contributed by atoms with van der Waals surface area (Å²) in [5.41, 5.74) is 1.80. The highest BCUT2D eigenvalue weighted by Gasteiger charge is 2.14. The Labute approximate surface area is 114 Å². The van der Waals surface area contributed by atoms with Gasteiger partial charge in [0.15, 0.2) is 0 Å². The lowest BCUT2D eigenvalue weighted by molar-refractivity contribution is -0.136. The zero-order chi connectivity index (χ0) is 14.1. The zero-order valence-corrected chi connectivity index (χ0v) is 10.5. The molecule has 0 unspecified atom stereocenters. The first kappa shape index (κ1) is 12.3. The van der Waals surface area contributed by atoms with Gasteiger partial charge in [0, 0.05) is 11.8 Å². The number of halogens is 1. The summed E-state index contributed by atoms with van der Waals surface area (Å²) >= 11 is 0. The van der Waals surface area contributed by atoms with Crippen LogP contribution in [-0.2, 0) is 11.2 Å². The van der Waals surface area contributed by atoms with Gasteiger partial charge in [0.05, 0.1) is 17.6 Å². The van der Waals surface area contributed by atoms with Crippen molar-refractivity contribution in [3.05, 3.63) is 60.2 Å². The molecular weight excluding hydrogens is 259 g/mol. The molecule has 3 rings (SSSR count). The maximum Gasteiger partial charge on any atom is 0.309 e. The van der Waals surface area contributed by atoms with Gasteiger partial charge in [-0.05, 0) is 24.3 Å². The van der Waals surface area contributed by atoms with Gasteiger partial charge in [-0.3, -0.25) is 9.20 Å². The van der Waals surface area contributed by atoms with E-state index in [1.54, 1.807) is 28.8 Å². The predicted octanol–water partition coefficient (Wildman–Crippen LogP) is 2.77. The molecule has 4 nitrogen and oxygen atoms in total. The van der Waals surface area contributed by atoms with Crippen LogP contribution in [-0.4, -0.2) is 20.5 Å². The van der Waals surface area contributed by atoms with Gasteiger partial charge in [-0.15, -0.1) is 0 Å². The first-order chi connectivity index (χ1) is 9.65. The molecule has 100 valence electrons. The van der Waals surface area contributed by atoms with Crippen molar-refractivity contribution >= 4 is 11.5 Å². The molecule has 5 heteroatoms. The summed E-state index contributed by atoms with van der Waals surface area (Å²) in [4.78, 5) is 15.3. The number of hydrogen-bond acceptors (Lipinski definition) is 2. The summed E-state index contributed by atoms with van der Waals surface area (Å²) in [7, 11) is 0. The average molecular weight is 270 g/mol. The van der Waals surface area contributed by atoms with Crippen molar-refractivity contribution < 1.29 is 14.3 Å². The third-order valence-corrected chi connectivity index (χ3v) is 3.03. The predicted molar refractivity (Wildman–Crippen MR) is 71.9 cm³/mol. The molecule has 0 spiro atoms. The van der Waals surface area contributed by atoms with E-state index in [1.165, 1.54) is 12.1 Å². The zero-order valence-electron chi connectivity index (χ0n) is 10.5. The topological polar surface area (TPSA) is 54.6 Å². The first-order valence-corrected chi connectivity index (χ1v) is 6.09. The molecular formula is C15H11FN2O2. The van der Waals surface area contributed by atoms with Gasteiger partial charge in [-0.2, -0.15) is 0 Å². The number of benzene rings is 1. The van der Waals surface area contributed by atoms with Crippen LogP contribution < -0.4 is 0 Å². The van der Waals surface area contributed by atoms with Gasteiger partial charge in [-0.25, -0.2) is 9.37 Å². The largest absolute Gasteiger partial charge is 0.481 e. The molecule has 0 aliphatic heterocycles. The molecule has 1 aromatic carbocycles. The van der Waals surface area contributed by atoms with Gasteiger partial charge in [0.25, 0.3) is 0 Å². The van der Waals surface area contributed by atoms with Crippen LogP contribution in [0, 0.1) is 5.82 Å². The van der Waals surface area contributed by atoms with Gasteiger partial charge in [0.2, 0.25) is 0 Å². The molecule has 3 aromatic rings. The Morgan fingerprint density at radius 1 is 1.25 bits per heavy atom. The van der Waals surface area contributed by atoms with Crippen LogP contribution in [0.3, 0.4) is 0 Å². The molecule has 0 atom stereocenters. The summed E-state index contributed by atoms with van der Waals surface area (Å²) in [6.07, 6.45) is 1.62.